The zero-order valence-corrected chi connectivity index (χ0v) is 5.67. The molecule has 1 amide bonds. The van der Waals surface area contributed by atoms with Crippen molar-refractivity contribution in [3.05, 3.63) is 0 Å². The SMILES string of the molecule is NC(=O)[C@@H](N)C[SeH]. The number of carbonyl (C=O) groups excluding carboxylic acids is 1. The summed E-state index contributed by atoms with van der Waals surface area (Å²) in [4.78, 5) is 10.0. The zero-order valence-electron chi connectivity index (χ0n) is 3.79. The van der Waals surface area contributed by atoms with Crippen molar-refractivity contribution in [2.24, 2.45) is 11.5 Å². The number of amides is 1. The van der Waals surface area contributed by atoms with Crippen molar-refractivity contribution in [1.29, 1.82) is 0 Å². The molecule has 0 aromatic carbocycles. The predicted molar refractivity (Wildman–Crippen MR) is 29.1 cm³/mol. The Morgan fingerprint density at radius 1 is 1.86 bits per heavy atom. The van der Waals surface area contributed by atoms with Crippen LogP contribution in [0.5, 0.6) is 0 Å². The van der Waals surface area contributed by atoms with Gasteiger partial charge in [0.1, 0.15) is 0 Å². The Morgan fingerprint density at radius 3 is 2.29 bits per heavy atom. The molecule has 0 radical (unpaired) electrons. The predicted octanol–water partition coefficient (Wildman–Crippen LogP) is -1.88. The van der Waals surface area contributed by atoms with Crippen LogP contribution in [-0.2, 0) is 4.79 Å². The van der Waals surface area contributed by atoms with Gasteiger partial charge < -0.3 is 0 Å². The number of primary amides is 1. The quantitative estimate of drug-likeness (QED) is 0.472. The second-order valence-corrected chi connectivity index (χ2v) is 1.96. The maximum atomic E-state index is 10.0. The van der Waals surface area contributed by atoms with Gasteiger partial charge in [0, 0.05) is 0 Å². The molecule has 4 heteroatoms. The fraction of sp³-hybridized carbons (Fsp3) is 0.667. The molecule has 0 aliphatic rings. The van der Waals surface area contributed by atoms with E-state index >= 15 is 0 Å². The van der Waals surface area contributed by atoms with E-state index in [4.69, 9.17) is 11.5 Å². The summed E-state index contributed by atoms with van der Waals surface area (Å²) in [6.45, 7) is 0. The fourth-order valence-corrected chi connectivity index (χ4v) is 0.468. The Balaban J connectivity index is 3.34. The average Bonchev–Trinajstić information content (AvgIpc) is 1.65. The van der Waals surface area contributed by atoms with Crippen LogP contribution in [0, 0.1) is 0 Å². The number of hydrogen-bond donors (Lipinski definition) is 2. The third kappa shape index (κ3) is 2.62. The number of hydrogen-bond acceptors (Lipinski definition) is 2. The number of rotatable bonds is 2. The number of carbonyl (C=O) groups is 1. The summed E-state index contributed by atoms with van der Waals surface area (Å²) in [6.07, 6.45) is 0. The van der Waals surface area contributed by atoms with Crippen LogP contribution in [0.3, 0.4) is 0 Å². The van der Waals surface area contributed by atoms with E-state index in [1.807, 2.05) is 0 Å². The topological polar surface area (TPSA) is 69.1 Å². The van der Waals surface area contributed by atoms with E-state index in [0.717, 1.165) is 0 Å². The van der Waals surface area contributed by atoms with Gasteiger partial charge in [-0.1, -0.05) is 0 Å². The monoisotopic (exact) mass is 168 g/mol. The van der Waals surface area contributed by atoms with Crippen LogP contribution in [-0.4, -0.2) is 28.0 Å². The van der Waals surface area contributed by atoms with Crippen LogP contribution in [0.25, 0.3) is 0 Å². The molecular formula is C3H8N2OSe. The van der Waals surface area contributed by atoms with Gasteiger partial charge in [0.25, 0.3) is 0 Å². The third-order valence-corrected chi connectivity index (χ3v) is 1.39. The van der Waals surface area contributed by atoms with Gasteiger partial charge >= 0.3 is 49.5 Å². The molecule has 0 rings (SSSR count). The van der Waals surface area contributed by atoms with Crippen LogP contribution in [0.1, 0.15) is 0 Å². The molecule has 7 heavy (non-hydrogen) atoms. The van der Waals surface area contributed by atoms with Crippen molar-refractivity contribution in [3.63, 3.8) is 0 Å². The molecule has 0 unspecified atom stereocenters. The van der Waals surface area contributed by atoms with Crippen molar-refractivity contribution < 1.29 is 4.79 Å². The molecule has 0 aliphatic carbocycles. The zero-order chi connectivity index (χ0) is 5.86. The van der Waals surface area contributed by atoms with Crippen LogP contribution in [0.4, 0.5) is 0 Å². The van der Waals surface area contributed by atoms with Crippen LogP contribution >= 0.6 is 0 Å². The van der Waals surface area contributed by atoms with E-state index in [9.17, 15) is 4.79 Å². The summed E-state index contributed by atoms with van der Waals surface area (Å²) in [6, 6.07) is -0.486. The summed E-state index contributed by atoms with van der Waals surface area (Å²) in [7, 11) is 0. The Hall–Kier alpha value is -0.0505. The Morgan fingerprint density at radius 2 is 2.29 bits per heavy atom. The van der Waals surface area contributed by atoms with E-state index in [2.05, 4.69) is 16.0 Å². The molecule has 0 saturated carbocycles. The van der Waals surface area contributed by atoms with Gasteiger partial charge in [-0.05, 0) is 0 Å². The Bertz CT molecular complexity index is 75.3. The summed E-state index contributed by atoms with van der Waals surface area (Å²) in [5.41, 5.74) is 9.90. The van der Waals surface area contributed by atoms with Crippen LogP contribution in [0.2, 0.25) is 5.32 Å². The standard InChI is InChI=1S/C3H8N2OSe/c4-2(1-7)3(5)6/h2,7H,1,4H2,(H2,5,6)/t2-/m0/s1. The van der Waals surface area contributed by atoms with E-state index < -0.39 is 11.9 Å². The summed E-state index contributed by atoms with van der Waals surface area (Å²) in [5, 5.41) is 0.558. The van der Waals surface area contributed by atoms with Gasteiger partial charge in [0.05, 0.1) is 0 Å². The van der Waals surface area contributed by atoms with Crippen molar-refractivity contribution >= 4 is 21.9 Å². The van der Waals surface area contributed by atoms with Crippen molar-refractivity contribution in [2.45, 2.75) is 11.4 Å². The Labute approximate surface area is 50.2 Å². The van der Waals surface area contributed by atoms with E-state index in [-0.39, 0.29) is 0 Å². The summed E-state index contributed by atoms with van der Waals surface area (Å²) >= 11 is 2.21. The first-order valence-electron chi connectivity index (χ1n) is 1.84. The molecule has 0 aromatic rings. The molecular weight excluding hydrogens is 159 g/mol. The van der Waals surface area contributed by atoms with E-state index in [1.54, 1.807) is 0 Å². The Kier molecular flexibility index (Phi) is 3.00. The van der Waals surface area contributed by atoms with Gasteiger partial charge in [-0.2, -0.15) is 0 Å². The third-order valence-electron chi connectivity index (χ3n) is 0.562. The molecule has 0 aromatic heterocycles. The van der Waals surface area contributed by atoms with Crippen molar-refractivity contribution in [2.75, 3.05) is 0 Å². The van der Waals surface area contributed by atoms with Gasteiger partial charge in [-0.25, -0.2) is 0 Å². The number of nitrogens with two attached hydrogens (primary N) is 2. The molecule has 3 nitrogen and oxygen atoms in total. The molecule has 0 spiro atoms. The molecule has 4 N–H and O–H groups in total. The first-order valence-corrected chi connectivity index (χ1v) is 3.17. The maximum absolute atomic E-state index is 10.0. The molecule has 1 atom stereocenters. The second-order valence-electron chi connectivity index (χ2n) is 1.19. The van der Waals surface area contributed by atoms with E-state index in [0.29, 0.717) is 5.32 Å². The van der Waals surface area contributed by atoms with Gasteiger partial charge in [0.15, 0.2) is 0 Å². The van der Waals surface area contributed by atoms with E-state index in [1.165, 1.54) is 0 Å². The molecule has 0 saturated heterocycles. The minimum atomic E-state index is -0.486. The molecule has 0 fully saturated rings. The first kappa shape index (κ1) is 6.95. The van der Waals surface area contributed by atoms with Crippen molar-refractivity contribution in [3.8, 4) is 0 Å². The summed E-state index contributed by atoms with van der Waals surface area (Å²) < 4.78 is 0. The van der Waals surface area contributed by atoms with Crippen molar-refractivity contribution in [1.82, 2.24) is 0 Å². The molecule has 0 heterocycles. The van der Waals surface area contributed by atoms with Gasteiger partial charge in [-0.15, -0.1) is 0 Å². The average molecular weight is 167 g/mol. The summed E-state index contributed by atoms with van der Waals surface area (Å²) in [5.74, 6) is -0.444. The second kappa shape index (κ2) is 3.02. The molecule has 42 valence electrons. The van der Waals surface area contributed by atoms with Gasteiger partial charge in [0.2, 0.25) is 0 Å². The van der Waals surface area contributed by atoms with Gasteiger partial charge in [-0.3, -0.25) is 0 Å². The van der Waals surface area contributed by atoms with Crippen LogP contribution in [0.15, 0.2) is 0 Å². The fourth-order valence-electron chi connectivity index (χ4n) is 0.0900. The van der Waals surface area contributed by atoms with Crippen LogP contribution < -0.4 is 11.5 Å². The molecule has 0 aliphatic heterocycles. The minimum absolute atomic E-state index is 0.444. The normalized spacial score (nSPS) is 13.4. The first-order chi connectivity index (χ1) is 3.18. The molecule has 0 bridgehead atoms.